The third kappa shape index (κ3) is 2.98. The van der Waals surface area contributed by atoms with E-state index in [1.807, 2.05) is 0 Å². The van der Waals surface area contributed by atoms with Gasteiger partial charge in [0.25, 0.3) is 0 Å². The number of pyridine rings is 1. The van der Waals surface area contributed by atoms with Crippen molar-refractivity contribution in [3.8, 4) is 6.07 Å². The van der Waals surface area contributed by atoms with Gasteiger partial charge < -0.3 is 10.6 Å². The predicted octanol–water partition coefficient (Wildman–Crippen LogP) is 2.94. The number of aromatic nitrogens is 1. The van der Waals surface area contributed by atoms with Crippen LogP contribution in [0.3, 0.4) is 0 Å². The molecule has 0 radical (unpaired) electrons. The first-order valence-electron chi connectivity index (χ1n) is 7.04. The molecule has 0 spiro atoms. The van der Waals surface area contributed by atoms with Crippen LogP contribution in [0.5, 0.6) is 0 Å². The van der Waals surface area contributed by atoms with Crippen LogP contribution in [0.4, 0.5) is 11.5 Å². The van der Waals surface area contributed by atoms with E-state index >= 15 is 0 Å². The molecule has 0 atom stereocenters. The smallest absolute Gasteiger partial charge is 0.151 e. The molecule has 0 aliphatic heterocycles. The first kappa shape index (κ1) is 13.7. The Labute approximate surface area is 115 Å². The summed E-state index contributed by atoms with van der Waals surface area (Å²) in [5.41, 5.74) is 7.12. The minimum atomic E-state index is 0.518. The molecule has 0 amide bonds. The Morgan fingerprint density at radius 2 is 2.11 bits per heavy atom. The molecule has 1 aliphatic carbocycles. The SMILES string of the molecule is CCC1CCC(N(C)c2ncc(C#N)cc2N)CC1. The minimum Gasteiger partial charge on any atom is -0.396 e. The maximum atomic E-state index is 8.84. The molecule has 0 aromatic carbocycles. The Balaban J connectivity index is 2.08. The van der Waals surface area contributed by atoms with Gasteiger partial charge in [-0.1, -0.05) is 13.3 Å². The molecule has 1 aliphatic rings. The lowest BCUT2D eigenvalue weighted by Crippen LogP contribution is -2.36. The molecule has 19 heavy (non-hydrogen) atoms. The van der Waals surface area contributed by atoms with Crippen LogP contribution < -0.4 is 10.6 Å². The van der Waals surface area contributed by atoms with Crippen LogP contribution >= 0.6 is 0 Å². The Hall–Kier alpha value is -1.76. The highest BCUT2D eigenvalue weighted by atomic mass is 15.2. The number of anilines is 2. The van der Waals surface area contributed by atoms with Gasteiger partial charge in [0.1, 0.15) is 6.07 Å². The van der Waals surface area contributed by atoms with Gasteiger partial charge in [-0.2, -0.15) is 5.26 Å². The summed E-state index contributed by atoms with van der Waals surface area (Å²) in [5.74, 6) is 1.69. The van der Waals surface area contributed by atoms with E-state index in [1.54, 1.807) is 12.3 Å². The average molecular weight is 258 g/mol. The first-order chi connectivity index (χ1) is 9.15. The number of rotatable bonds is 3. The lowest BCUT2D eigenvalue weighted by atomic mass is 9.84. The van der Waals surface area contributed by atoms with Crippen LogP contribution in [0.25, 0.3) is 0 Å². The largest absolute Gasteiger partial charge is 0.396 e. The number of nitriles is 1. The van der Waals surface area contributed by atoms with Gasteiger partial charge in [-0.15, -0.1) is 0 Å². The van der Waals surface area contributed by atoms with E-state index in [4.69, 9.17) is 11.0 Å². The number of hydrogen-bond acceptors (Lipinski definition) is 4. The van der Waals surface area contributed by atoms with E-state index in [0.29, 0.717) is 17.3 Å². The fraction of sp³-hybridized carbons (Fsp3) is 0.600. The van der Waals surface area contributed by atoms with Crippen molar-refractivity contribution in [3.63, 3.8) is 0 Å². The highest BCUT2D eigenvalue weighted by molar-refractivity contribution is 5.64. The van der Waals surface area contributed by atoms with Crippen molar-refractivity contribution in [2.75, 3.05) is 17.7 Å². The highest BCUT2D eigenvalue weighted by Crippen LogP contribution is 2.32. The molecule has 102 valence electrons. The molecular formula is C15H22N4. The predicted molar refractivity (Wildman–Crippen MR) is 77.8 cm³/mol. The van der Waals surface area contributed by atoms with E-state index in [2.05, 4.69) is 29.9 Å². The van der Waals surface area contributed by atoms with Gasteiger partial charge in [-0.05, 0) is 37.7 Å². The molecule has 2 N–H and O–H groups in total. The molecule has 0 saturated heterocycles. The molecule has 0 bridgehead atoms. The van der Waals surface area contributed by atoms with Crippen molar-refractivity contribution in [3.05, 3.63) is 17.8 Å². The second kappa shape index (κ2) is 5.92. The van der Waals surface area contributed by atoms with Gasteiger partial charge in [0, 0.05) is 19.3 Å². The number of nitrogens with two attached hydrogens (primary N) is 1. The fourth-order valence-electron chi connectivity index (χ4n) is 2.94. The maximum absolute atomic E-state index is 8.84. The van der Waals surface area contributed by atoms with Gasteiger partial charge in [-0.25, -0.2) is 4.98 Å². The Bertz CT molecular complexity index is 470. The number of hydrogen-bond donors (Lipinski definition) is 1. The fourth-order valence-corrected chi connectivity index (χ4v) is 2.94. The second-order valence-corrected chi connectivity index (χ2v) is 5.44. The Morgan fingerprint density at radius 1 is 1.42 bits per heavy atom. The Morgan fingerprint density at radius 3 is 2.63 bits per heavy atom. The van der Waals surface area contributed by atoms with Gasteiger partial charge in [-0.3, -0.25) is 0 Å². The zero-order valence-corrected chi connectivity index (χ0v) is 11.8. The van der Waals surface area contributed by atoms with Crippen molar-refractivity contribution < 1.29 is 0 Å². The van der Waals surface area contributed by atoms with Crippen LogP contribution in [-0.2, 0) is 0 Å². The van der Waals surface area contributed by atoms with E-state index in [1.165, 1.54) is 32.1 Å². The summed E-state index contributed by atoms with van der Waals surface area (Å²) in [5, 5.41) is 8.84. The summed E-state index contributed by atoms with van der Waals surface area (Å²) in [6.45, 7) is 2.27. The standard InChI is InChI=1S/C15H22N4/c1-3-11-4-6-13(7-5-11)19(2)15-14(17)8-12(9-16)10-18-15/h8,10-11,13H,3-7,17H2,1-2H3. The van der Waals surface area contributed by atoms with Crippen LogP contribution in [-0.4, -0.2) is 18.1 Å². The normalized spacial score (nSPS) is 22.8. The van der Waals surface area contributed by atoms with Crippen LogP contribution in [0, 0.1) is 17.2 Å². The van der Waals surface area contributed by atoms with Crippen LogP contribution in [0.2, 0.25) is 0 Å². The number of nitrogen functional groups attached to an aromatic ring is 1. The molecule has 4 heteroatoms. The second-order valence-electron chi connectivity index (χ2n) is 5.44. The van der Waals surface area contributed by atoms with Crippen molar-refractivity contribution in [1.82, 2.24) is 4.98 Å². The lowest BCUT2D eigenvalue weighted by molar-refractivity contribution is 0.313. The number of nitrogens with zero attached hydrogens (tertiary/aromatic N) is 3. The van der Waals surface area contributed by atoms with Gasteiger partial charge >= 0.3 is 0 Å². The van der Waals surface area contributed by atoms with Crippen molar-refractivity contribution in [1.29, 1.82) is 5.26 Å². The van der Waals surface area contributed by atoms with Gasteiger partial charge in [0.05, 0.1) is 11.3 Å². The molecular weight excluding hydrogens is 236 g/mol. The Kier molecular flexibility index (Phi) is 4.26. The quantitative estimate of drug-likeness (QED) is 0.905. The van der Waals surface area contributed by atoms with Crippen LogP contribution in [0.15, 0.2) is 12.3 Å². The monoisotopic (exact) mass is 258 g/mol. The van der Waals surface area contributed by atoms with E-state index in [-0.39, 0.29) is 0 Å². The topological polar surface area (TPSA) is 65.9 Å². The zero-order valence-electron chi connectivity index (χ0n) is 11.8. The molecule has 1 aromatic heterocycles. The molecule has 0 unspecified atom stereocenters. The minimum absolute atomic E-state index is 0.518. The average Bonchev–Trinajstić information content (AvgIpc) is 2.46. The first-order valence-corrected chi connectivity index (χ1v) is 7.04. The lowest BCUT2D eigenvalue weighted by Gasteiger charge is -2.35. The summed E-state index contributed by atoms with van der Waals surface area (Å²) < 4.78 is 0. The van der Waals surface area contributed by atoms with E-state index in [0.717, 1.165) is 11.7 Å². The maximum Gasteiger partial charge on any atom is 0.151 e. The van der Waals surface area contributed by atoms with E-state index in [9.17, 15) is 0 Å². The van der Waals surface area contributed by atoms with Crippen LogP contribution in [0.1, 0.15) is 44.6 Å². The summed E-state index contributed by atoms with van der Waals surface area (Å²) in [6, 6.07) is 4.29. The van der Waals surface area contributed by atoms with Gasteiger partial charge in [0.2, 0.25) is 0 Å². The summed E-state index contributed by atoms with van der Waals surface area (Å²) in [6.07, 6.45) is 7.88. The van der Waals surface area contributed by atoms with E-state index < -0.39 is 0 Å². The molecule has 1 aromatic rings. The van der Waals surface area contributed by atoms with Crippen molar-refractivity contribution >= 4 is 11.5 Å². The summed E-state index contributed by atoms with van der Waals surface area (Å²) in [4.78, 5) is 6.52. The van der Waals surface area contributed by atoms with Crippen molar-refractivity contribution in [2.45, 2.75) is 45.1 Å². The van der Waals surface area contributed by atoms with Gasteiger partial charge in [0.15, 0.2) is 5.82 Å². The molecule has 2 rings (SSSR count). The van der Waals surface area contributed by atoms with Crippen molar-refractivity contribution in [2.24, 2.45) is 5.92 Å². The highest BCUT2D eigenvalue weighted by Gasteiger charge is 2.24. The third-order valence-corrected chi connectivity index (χ3v) is 4.30. The summed E-state index contributed by atoms with van der Waals surface area (Å²) >= 11 is 0. The molecule has 1 fully saturated rings. The zero-order chi connectivity index (χ0) is 13.8. The third-order valence-electron chi connectivity index (χ3n) is 4.30. The summed E-state index contributed by atoms with van der Waals surface area (Å²) in [7, 11) is 2.06. The molecule has 1 heterocycles. The molecule has 1 saturated carbocycles. The molecule has 4 nitrogen and oxygen atoms in total.